The van der Waals surface area contributed by atoms with Gasteiger partial charge in [-0.2, -0.15) is 0 Å². The summed E-state index contributed by atoms with van der Waals surface area (Å²) in [5.41, 5.74) is 3.95. The number of benzene rings is 2. The van der Waals surface area contributed by atoms with Gasteiger partial charge in [-0.1, -0.05) is 71.4 Å². The van der Waals surface area contributed by atoms with Gasteiger partial charge in [-0.15, -0.1) is 10.2 Å². The Bertz CT molecular complexity index is 882. The van der Waals surface area contributed by atoms with E-state index in [1.54, 1.807) is 0 Å². The normalized spacial score (nSPS) is 10.5. The zero-order chi connectivity index (χ0) is 18.4. The van der Waals surface area contributed by atoms with Crippen molar-refractivity contribution in [2.45, 2.75) is 18.5 Å². The van der Waals surface area contributed by atoms with E-state index in [0.717, 1.165) is 16.8 Å². The summed E-state index contributed by atoms with van der Waals surface area (Å²) in [6.45, 7) is 2.46. The molecule has 0 aliphatic heterocycles. The molecule has 1 N–H and O–H groups in total. The lowest BCUT2D eigenvalue weighted by Crippen LogP contribution is -2.24. The van der Waals surface area contributed by atoms with E-state index in [9.17, 15) is 4.79 Å². The van der Waals surface area contributed by atoms with E-state index in [0.29, 0.717) is 16.6 Å². The highest BCUT2D eigenvalue weighted by Crippen LogP contribution is 2.20. The quantitative estimate of drug-likeness (QED) is 0.636. The van der Waals surface area contributed by atoms with Crippen LogP contribution < -0.4 is 5.32 Å². The van der Waals surface area contributed by atoms with Gasteiger partial charge in [-0.25, -0.2) is 0 Å². The van der Waals surface area contributed by atoms with Gasteiger partial charge in [0.05, 0.1) is 11.4 Å². The lowest BCUT2D eigenvalue weighted by atomic mass is 10.1. The van der Waals surface area contributed by atoms with E-state index in [4.69, 9.17) is 11.6 Å². The standard InChI is InChI=1S/C20H18ClN3OS/c1-14-6-8-15(9-7-14)18-10-11-20(24-23-18)26-13-19(25)22-12-16-4-2-3-5-17(16)21/h2-11H,12-13H2,1H3,(H,22,25). The maximum absolute atomic E-state index is 12.0. The summed E-state index contributed by atoms with van der Waals surface area (Å²) < 4.78 is 0. The van der Waals surface area contributed by atoms with Crippen LogP contribution in [0.4, 0.5) is 0 Å². The van der Waals surface area contributed by atoms with Gasteiger partial charge in [0.2, 0.25) is 5.91 Å². The van der Waals surface area contributed by atoms with E-state index in [-0.39, 0.29) is 11.7 Å². The number of aryl methyl sites for hydroxylation is 1. The molecule has 0 unspecified atom stereocenters. The Morgan fingerprint density at radius 2 is 1.81 bits per heavy atom. The topological polar surface area (TPSA) is 54.9 Å². The number of halogens is 1. The van der Waals surface area contributed by atoms with Gasteiger partial charge in [0.15, 0.2) is 0 Å². The number of hydrogen-bond donors (Lipinski definition) is 1. The Kier molecular flexibility index (Phi) is 6.26. The molecule has 4 nitrogen and oxygen atoms in total. The van der Waals surface area contributed by atoms with E-state index < -0.39 is 0 Å². The van der Waals surface area contributed by atoms with Crippen molar-refractivity contribution in [2.75, 3.05) is 5.75 Å². The first-order valence-corrected chi connectivity index (χ1v) is 9.52. The molecule has 0 bridgehead atoms. The van der Waals surface area contributed by atoms with Crippen molar-refractivity contribution in [1.29, 1.82) is 0 Å². The Hall–Kier alpha value is -2.37. The lowest BCUT2D eigenvalue weighted by molar-refractivity contribution is -0.118. The Balaban J connectivity index is 1.50. The molecule has 2 aromatic carbocycles. The minimum absolute atomic E-state index is 0.0701. The summed E-state index contributed by atoms with van der Waals surface area (Å²) in [5, 5.41) is 12.7. The van der Waals surface area contributed by atoms with E-state index in [1.807, 2.05) is 67.6 Å². The molecule has 1 amide bonds. The number of amides is 1. The molecule has 26 heavy (non-hydrogen) atoms. The molecule has 0 radical (unpaired) electrons. The van der Waals surface area contributed by atoms with E-state index in [2.05, 4.69) is 15.5 Å². The minimum Gasteiger partial charge on any atom is -0.351 e. The zero-order valence-corrected chi connectivity index (χ0v) is 15.8. The molecule has 1 aromatic heterocycles. The monoisotopic (exact) mass is 383 g/mol. The molecule has 0 saturated carbocycles. The van der Waals surface area contributed by atoms with Crippen LogP contribution in [0.25, 0.3) is 11.3 Å². The first-order valence-electron chi connectivity index (χ1n) is 8.15. The summed E-state index contributed by atoms with van der Waals surface area (Å²) in [5.74, 6) is 0.211. The molecule has 0 aliphatic carbocycles. The number of rotatable bonds is 6. The third kappa shape index (κ3) is 5.07. The largest absolute Gasteiger partial charge is 0.351 e. The van der Waals surface area contributed by atoms with Crippen LogP contribution in [0, 0.1) is 6.92 Å². The van der Waals surface area contributed by atoms with Crippen molar-refractivity contribution < 1.29 is 4.79 Å². The number of hydrogen-bond acceptors (Lipinski definition) is 4. The Morgan fingerprint density at radius 3 is 2.50 bits per heavy atom. The zero-order valence-electron chi connectivity index (χ0n) is 14.3. The first-order chi connectivity index (χ1) is 12.6. The molecule has 0 aliphatic rings. The van der Waals surface area contributed by atoms with Gasteiger partial charge in [-0.3, -0.25) is 4.79 Å². The fourth-order valence-corrected chi connectivity index (χ4v) is 3.15. The second-order valence-corrected chi connectivity index (χ2v) is 7.18. The van der Waals surface area contributed by atoms with Crippen LogP contribution in [0.1, 0.15) is 11.1 Å². The predicted molar refractivity (Wildman–Crippen MR) is 106 cm³/mol. The fourth-order valence-electron chi connectivity index (χ4n) is 2.30. The summed E-state index contributed by atoms with van der Waals surface area (Å²) in [6.07, 6.45) is 0. The predicted octanol–water partition coefficient (Wildman–Crippen LogP) is 4.51. The van der Waals surface area contributed by atoms with Crippen molar-refractivity contribution in [3.05, 3.63) is 76.8 Å². The Morgan fingerprint density at radius 1 is 1.04 bits per heavy atom. The minimum atomic E-state index is -0.0701. The molecular weight excluding hydrogens is 366 g/mol. The van der Waals surface area contributed by atoms with Gasteiger partial charge >= 0.3 is 0 Å². The molecule has 0 saturated heterocycles. The second-order valence-electron chi connectivity index (χ2n) is 5.78. The number of nitrogens with zero attached hydrogens (tertiary/aromatic N) is 2. The van der Waals surface area contributed by atoms with Crippen LogP contribution in [0.15, 0.2) is 65.7 Å². The van der Waals surface area contributed by atoms with Crippen LogP contribution in [0.2, 0.25) is 5.02 Å². The molecule has 0 spiro atoms. The maximum atomic E-state index is 12.0. The molecule has 0 atom stereocenters. The summed E-state index contributed by atoms with van der Waals surface area (Å²) in [4.78, 5) is 12.0. The smallest absolute Gasteiger partial charge is 0.230 e. The molecule has 3 aromatic rings. The number of thioether (sulfide) groups is 1. The van der Waals surface area contributed by atoms with Crippen LogP contribution in [-0.4, -0.2) is 21.9 Å². The number of aromatic nitrogens is 2. The average Bonchev–Trinajstić information content (AvgIpc) is 2.67. The second kappa shape index (κ2) is 8.83. The number of nitrogens with one attached hydrogen (secondary N) is 1. The number of carbonyl (C=O) groups excluding carboxylic acids is 1. The van der Waals surface area contributed by atoms with Crippen LogP contribution in [-0.2, 0) is 11.3 Å². The third-order valence-corrected chi connectivity index (χ3v) is 5.06. The molecule has 0 fully saturated rings. The van der Waals surface area contributed by atoms with Gasteiger partial charge in [-0.05, 0) is 30.7 Å². The van der Waals surface area contributed by atoms with Gasteiger partial charge < -0.3 is 5.32 Å². The summed E-state index contributed by atoms with van der Waals surface area (Å²) >= 11 is 7.44. The van der Waals surface area contributed by atoms with Gasteiger partial charge in [0, 0.05) is 17.1 Å². The molecule has 1 heterocycles. The van der Waals surface area contributed by atoms with E-state index in [1.165, 1.54) is 17.3 Å². The first kappa shape index (κ1) is 18.4. The molecular formula is C20H18ClN3OS. The summed E-state index contributed by atoms with van der Waals surface area (Å²) in [7, 11) is 0. The highest BCUT2D eigenvalue weighted by atomic mass is 35.5. The lowest BCUT2D eigenvalue weighted by Gasteiger charge is -2.07. The van der Waals surface area contributed by atoms with Crippen molar-refractivity contribution in [1.82, 2.24) is 15.5 Å². The third-order valence-electron chi connectivity index (χ3n) is 3.77. The fraction of sp³-hybridized carbons (Fsp3) is 0.150. The van der Waals surface area contributed by atoms with E-state index >= 15 is 0 Å². The highest BCUT2D eigenvalue weighted by Gasteiger charge is 2.07. The van der Waals surface area contributed by atoms with Gasteiger partial charge in [0.25, 0.3) is 0 Å². The molecule has 3 rings (SSSR count). The SMILES string of the molecule is Cc1ccc(-c2ccc(SCC(=O)NCc3ccccc3Cl)nn2)cc1. The van der Waals surface area contributed by atoms with Crippen LogP contribution in [0.5, 0.6) is 0 Å². The highest BCUT2D eigenvalue weighted by molar-refractivity contribution is 7.99. The van der Waals surface area contributed by atoms with Crippen LogP contribution >= 0.6 is 23.4 Å². The van der Waals surface area contributed by atoms with Crippen molar-refractivity contribution in [3.8, 4) is 11.3 Å². The van der Waals surface area contributed by atoms with Crippen LogP contribution in [0.3, 0.4) is 0 Å². The average molecular weight is 384 g/mol. The van der Waals surface area contributed by atoms with Gasteiger partial charge in [0.1, 0.15) is 5.03 Å². The van der Waals surface area contributed by atoms with Crippen molar-refractivity contribution in [3.63, 3.8) is 0 Å². The number of carbonyl (C=O) groups is 1. The summed E-state index contributed by atoms with van der Waals surface area (Å²) in [6, 6.07) is 19.4. The maximum Gasteiger partial charge on any atom is 0.230 e. The molecule has 6 heteroatoms. The Labute approximate surface area is 162 Å². The molecule has 132 valence electrons. The van der Waals surface area contributed by atoms with Crippen molar-refractivity contribution >= 4 is 29.3 Å². The van der Waals surface area contributed by atoms with Crippen molar-refractivity contribution in [2.24, 2.45) is 0 Å².